The lowest BCUT2D eigenvalue weighted by molar-refractivity contribution is 0.0956. The summed E-state index contributed by atoms with van der Waals surface area (Å²) < 4.78 is 17.9. The minimum Gasteiger partial charge on any atom is -0.497 e. The lowest BCUT2D eigenvalue weighted by atomic mass is 10.3. The molecule has 0 aliphatic carbocycles. The Morgan fingerprint density at radius 2 is 1.95 bits per heavy atom. The van der Waals surface area contributed by atoms with Gasteiger partial charge in [-0.25, -0.2) is 4.98 Å². The van der Waals surface area contributed by atoms with Crippen LogP contribution in [0, 0.1) is 5.95 Å². The fourth-order valence-electron chi connectivity index (χ4n) is 1.40. The number of ether oxygens (including phenoxy) is 1. The number of benzene rings is 1. The predicted molar refractivity (Wildman–Crippen MR) is 68.3 cm³/mol. The van der Waals surface area contributed by atoms with E-state index < -0.39 is 11.9 Å². The number of aromatic nitrogens is 1. The highest BCUT2D eigenvalue weighted by molar-refractivity contribution is 5.92. The maximum absolute atomic E-state index is 12.8. The summed E-state index contributed by atoms with van der Waals surface area (Å²) in [5.74, 6) is -0.504. The van der Waals surface area contributed by atoms with Crippen LogP contribution in [0.15, 0.2) is 42.5 Å². The summed E-state index contributed by atoms with van der Waals surface area (Å²) in [6.07, 6.45) is 0. The van der Waals surface area contributed by atoms with Gasteiger partial charge < -0.3 is 4.74 Å². The van der Waals surface area contributed by atoms with Crippen molar-refractivity contribution in [2.45, 2.75) is 0 Å². The summed E-state index contributed by atoms with van der Waals surface area (Å²) in [6.45, 7) is 0. The van der Waals surface area contributed by atoms with Crippen molar-refractivity contribution < 1.29 is 13.9 Å². The molecule has 5 nitrogen and oxygen atoms in total. The summed E-state index contributed by atoms with van der Waals surface area (Å²) in [6, 6.07) is 11.0. The van der Waals surface area contributed by atoms with Gasteiger partial charge in [0.15, 0.2) is 0 Å². The fourth-order valence-corrected chi connectivity index (χ4v) is 1.40. The molecule has 1 heterocycles. The Balaban J connectivity index is 1.96. The van der Waals surface area contributed by atoms with E-state index in [0.29, 0.717) is 11.4 Å². The van der Waals surface area contributed by atoms with E-state index in [1.165, 1.54) is 18.2 Å². The second-order valence-corrected chi connectivity index (χ2v) is 3.65. The van der Waals surface area contributed by atoms with Crippen LogP contribution < -0.4 is 15.6 Å². The molecular weight excluding hydrogens is 249 g/mol. The quantitative estimate of drug-likeness (QED) is 0.652. The van der Waals surface area contributed by atoms with Crippen LogP contribution in [0.1, 0.15) is 10.5 Å². The lowest BCUT2D eigenvalue weighted by Gasteiger charge is -2.08. The van der Waals surface area contributed by atoms with Gasteiger partial charge in [-0.1, -0.05) is 6.07 Å². The number of hydrazine groups is 1. The van der Waals surface area contributed by atoms with Gasteiger partial charge in [0.1, 0.15) is 11.4 Å². The number of carbonyl (C=O) groups is 1. The van der Waals surface area contributed by atoms with E-state index in [2.05, 4.69) is 15.8 Å². The minimum absolute atomic E-state index is 0.000937. The molecule has 0 spiro atoms. The molecule has 0 aliphatic rings. The number of anilines is 1. The third kappa shape index (κ3) is 3.41. The first-order valence-corrected chi connectivity index (χ1v) is 5.52. The van der Waals surface area contributed by atoms with Gasteiger partial charge >= 0.3 is 0 Å². The van der Waals surface area contributed by atoms with Crippen molar-refractivity contribution in [2.75, 3.05) is 12.5 Å². The fraction of sp³-hybridized carbons (Fsp3) is 0.0769. The molecule has 0 unspecified atom stereocenters. The van der Waals surface area contributed by atoms with E-state index in [1.54, 1.807) is 31.4 Å². The third-order valence-corrected chi connectivity index (χ3v) is 2.36. The van der Waals surface area contributed by atoms with Crippen molar-refractivity contribution in [3.05, 3.63) is 54.1 Å². The Morgan fingerprint density at radius 1 is 1.21 bits per heavy atom. The highest BCUT2D eigenvalue weighted by atomic mass is 19.1. The molecule has 1 aromatic carbocycles. The molecule has 2 N–H and O–H groups in total. The average Bonchev–Trinajstić information content (AvgIpc) is 2.45. The maximum atomic E-state index is 12.8. The first-order chi connectivity index (χ1) is 9.19. The Morgan fingerprint density at radius 3 is 2.58 bits per heavy atom. The van der Waals surface area contributed by atoms with E-state index in [0.717, 1.165) is 0 Å². The number of halogens is 1. The standard InChI is InChI=1S/C13H12FN3O2/c1-19-10-7-5-9(6-8-10)16-17-13(18)11-3-2-4-12(14)15-11/h2-8,16H,1H3,(H,17,18). The zero-order valence-corrected chi connectivity index (χ0v) is 10.2. The molecule has 6 heteroatoms. The van der Waals surface area contributed by atoms with E-state index in [-0.39, 0.29) is 5.69 Å². The molecule has 1 aromatic heterocycles. The van der Waals surface area contributed by atoms with Crippen LogP contribution in [0.4, 0.5) is 10.1 Å². The smallest absolute Gasteiger partial charge is 0.288 e. The number of carbonyl (C=O) groups excluding carboxylic acids is 1. The number of hydrogen-bond donors (Lipinski definition) is 2. The molecule has 19 heavy (non-hydrogen) atoms. The van der Waals surface area contributed by atoms with Gasteiger partial charge in [0, 0.05) is 0 Å². The van der Waals surface area contributed by atoms with Gasteiger partial charge in [-0.15, -0.1) is 0 Å². The summed E-state index contributed by atoms with van der Waals surface area (Å²) in [4.78, 5) is 15.1. The third-order valence-electron chi connectivity index (χ3n) is 2.36. The molecule has 0 saturated carbocycles. The Hall–Kier alpha value is -2.63. The molecule has 0 radical (unpaired) electrons. The molecule has 98 valence electrons. The molecule has 0 aliphatic heterocycles. The minimum atomic E-state index is -0.697. The van der Waals surface area contributed by atoms with Crippen LogP contribution in [0.2, 0.25) is 0 Å². The number of pyridine rings is 1. The van der Waals surface area contributed by atoms with Gasteiger partial charge in [0.05, 0.1) is 12.8 Å². The Labute approximate surface area is 109 Å². The van der Waals surface area contributed by atoms with Crippen molar-refractivity contribution >= 4 is 11.6 Å². The number of hydrogen-bond acceptors (Lipinski definition) is 4. The van der Waals surface area contributed by atoms with Crippen LogP contribution in [-0.2, 0) is 0 Å². The van der Waals surface area contributed by atoms with Crippen molar-refractivity contribution in [3.63, 3.8) is 0 Å². The number of nitrogens with zero attached hydrogens (tertiary/aromatic N) is 1. The molecule has 0 atom stereocenters. The molecule has 1 amide bonds. The zero-order chi connectivity index (χ0) is 13.7. The summed E-state index contributed by atoms with van der Waals surface area (Å²) in [5.41, 5.74) is 5.79. The second kappa shape index (κ2) is 5.81. The highest BCUT2D eigenvalue weighted by Gasteiger charge is 2.07. The SMILES string of the molecule is COc1ccc(NNC(=O)c2cccc(F)n2)cc1. The predicted octanol–water partition coefficient (Wildman–Crippen LogP) is 1.99. The van der Waals surface area contributed by atoms with Crippen LogP contribution >= 0.6 is 0 Å². The number of amides is 1. The number of methoxy groups -OCH3 is 1. The van der Waals surface area contributed by atoms with Crippen molar-refractivity contribution in [1.82, 2.24) is 10.4 Å². The molecule has 0 fully saturated rings. The van der Waals surface area contributed by atoms with Crippen molar-refractivity contribution in [3.8, 4) is 5.75 Å². The molecule has 0 bridgehead atoms. The molecule has 0 saturated heterocycles. The second-order valence-electron chi connectivity index (χ2n) is 3.65. The zero-order valence-electron chi connectivity index (χ0n) is 10.2. The van der Waals surface area contributed by atoms with Crippen LogP contribution in [0.5, 0.6) is 5.75 Å². The molecular formula is C13H12FN3O2. The molecule has 2 aromatic rings. The van der Waals surface area contributed by atoms with Crippen LogP contribution in [0.3, 0.4) is 0 Å². The summed E-state index contributed by atoms with van der Waals surface area (Å²) in [7, 11) is 1.57. The number of nitrogens with one attached hydrogen (secondary N) is 2. The van der Waals surface area contributed by atoms with Gasteiger partial charge in [-0.3, -0.25) is 15.6 Å². The topological polar surface area (TPSA) is 63.2 Å². The summed E-state index contributed by atoms with van der Waals surface area (Å²) in [5, 5.41) is 0. The van der Waals surface area contributed by atoms with Gasteiger partial charge in [0.2, 0.25) is 5.95 Å². The van der Waals surface area contributed by atoms with Crippen molar-refractivity contribution in [1.29, 1.82) is 0 Å². The van der Waals surface area contributed by atoms with Crippen LogP contribution in [-0.4, -0.2) is 18.0 Å². The highest BCUT2D eigenvalue weighted by Crippen LogP contribution is 2.14. The van der Waals surface area contributed by atoms with E-state index >= 15 is 0 Å². The monoisotopic (exact) mass is 261 g/mol. The Kier molecular flexibility index (Phi) is 3.92. The molecule has 2 rings (SSSR count). The van der Waals surface area contributed by atoms with Gasteiger partial charge in [-0.2, -0.15) is 4.39 Å². The normalized spacial score (nSPS) is 9.79. The maximum Gasteiger partial charge on any atom is 0.288 e. The first kappa shape index (κ1) is 12.8. The van der Waals surface area contributed by atoms with E-state index in [4.69, 9.17) is 4.74 Å². The average molecular weight is 261 g/mol. The first-order valence-electron chi connectivity index (χ1n) is 5.52. The largest absolute Gasteiger partial charge is 0.497 e. The Bertz CT molecular complexity index is 572. The van der Waals surface area contributed by atoms with Crippen molar-refractivity contribution in [2.24, 2.45) is 0 Å². The van der Waals surface area contributed by atoms with Gasteiger partial charge in [-0.05, 0) is 36.4 Å². The van der Waals surface area contributed by atoms with Crippen LogP contribution in [0.25, 0.3) is 0 Å². The van der Waals surface area contributed by atoms with E-state index in [1.807, 2.05) is 0 Å². The van der Waals surface area contributed by atoms with E-state index in [9.17, 15) is 9.18 Å². The van der Waals surface area contributed by atoms with Gasteiger partial charge in [0.25, 0.3) is 5.91 Å². The summed E-state index contributed by atoms with van der Waals surface area (Å²) >= 11 is 0. The number of rotatable bonds is 4. The lowest BCUT2D eigenvalue weighted by Crippen LogP contribution is -2.30.